The van der Waals surface area contributed by atoms with Crippen molar-refractivity contribution in [2.24, 2.45) is 0 Å². The van der Waals surface area contributed by atoms with Crippen molar-refractivity contribution in [3.05, 3.63) is 41.6 Å². The molecule has 1 aliphatic rings. The highest BCUT2D eigenvalue weighted by atomic mass is 32.2. The Balaban J connectivity index is 2.21. The minimum atomic E-state index is -0.0966. The molecule has 1 aliphatic heterocycles. The highest BCUT2D eigenvalue weighted by Gasteiger charge is 2.27. The number of hydrogen-bond donors (Lipinski definition) is 1. The Kier molecular flexibility index (Phi) is 2.06. The van der Waals surface area contributed by atoms with Crippen molar-refractivity contribution in [2.45, 2.75) is 5.37 Å². The van der Waals surface area contributed by atoms with Crippen LogP contribution in [-0.2, 0) is 4.79 Å². The zero-order valence-corrected chi connectivity index (χ0v) is 7.67. The van der Waals surface area contributed by atoms with E-state index in [9.17, 15) is 4.79 Å². The summed E-state index contributed by atoms with van der Waals surface area (Å²) >= 11 is 1.41. The van der Waals surface area contributed by atoms with Crippen LogP contribution in [0.3, 0.4) is 0 Å². The second-order valence-electron chi connectivity index (χ2n) is 2.65. The highest BCUT2D eigenvalue weighted by molar-refractivity contribution is 8.04. The van der Waals surface area contributed by atoms with Crippen molar-refractivity contribution in [1.82, 2.24) is 10.3 Å². The molecule has 1 saturated heterocycles. The standard InChI is InChI=1S/C9H8N2OS/c1-6-8(12)11-9(13-6)7-4-2-3-5-10-7/h2-5,9H,1H2,(H,11,12). The Bertz CT molecular complexity index is 334. The predicted octanol–water partition coefficient (Wildman–Crippen LogP) is 1.46. The summed E-state index contributed by atoms with van der Waals surface area (Å²) in [4.78, 5) is 15.8. The number of thioether (sulfide) groups is 1. The molecule has 1 aromatic rings. The average Bonchev–Trinajstić information content (AvgIpc) is 2.49. The molecule has 3 nitrogen and oxygen atoms in total. The molecule has 66 valence electrons. The summed E-state index contributed by atoms with van der Waals surface area (Å²) in [5.74, 6) is -0.0966. The largest absolute Gasteiger partial charge is 0.334 e. The van der Waals surface area contributed by atoms with Gasteiger partial charge in [0.15, 0.2) is 0 Å². The van der Waals surface area contributed by atoms with Gasteiger partial charge in [-0.15, -0.1) is 0 Å². The Morgan fingerprint density at radius 2 is 2.38 bits per heavy atom. The Morgan fingerprint density at radius 1 is 1.54 bits per heavy atom. The molecule has 0 aliphatic carbocycles. The van der Waals surface area contributed by atoms with Crippen LogP contribution in [0, 0.1) is 0 Å². The monoisotopic (exact) mass is 192 g/mol. The third-order valence-electron chi connectivity index (χ3n) is 1.73. The van der Waals surface area contributed by atoms with Crippen molar-refractivity contribution >= 4 is 17.7 Å². The first-order valence-corrected chi connectivity index (χ1v) is 4.72. The molecule has 1 amide bonds. The highest BCUT2D eigenvalue weighted by Crippen LogP contribution is 2.35. The Morgan fingerprint density at radius 3 is 2.92 bits per heavy atom. The molecule has 1 N–H and O–H groups in total. The zero-order chi connectivity index (χ0) is 9.26. The lowest BCUT2D eigenvalue weighted by Crippen LogP contribution is -2.18. The van der Waals surface area contributed by atoms with Crippen molar-refractivity contribution in [3.63, 3.8) is 0 Å². The molecular formula is C9H8N2OS. The number of pyridine rings is 1. The maximum Gasteiger partial charge on any atom is 0.258 e. The fourth-order valence-corrected chi connectivity index (χ4v) is 1.97. The van der Waals surface area contributed by atoms with Gasteiger partial charge in [0.05, 0.1) is 10.6 Å². The fourth-order valence-electron chi connectivity index (χ4n) is 1.09. The molecule has 0 radical (unpaired) electrons. The van der Waals surface area contributed by atoms with Gasteiger partial charge in [0.2, 0.25) is 0 Å². The smallest absolute Gasteiger partial charge is 0.258 e. The van der Waals surface area contributed by atoms with Crippen LogP contribution in [0.25, 0.3) is 0 Å². The van der Waals surface area contributed by atoms with Gasteiger partial charge in [-0.05, 0) is 12.1 Å². The number of aromatic nitrogens is 1. The number of hydrogen-bond acceptors (Lipinski definition) is 3. The van der Waals surface area contributed by atoms with E-state index in [4.69, 9.17) is 0 Å². The molecule has 2 heterocycles. The van der Waals surface area contributed by atoms with E-state index in [1.807, 2.05) is 18.2 Å². The lowest BCUT2D eigenvalue weighted by atomic mass is 10.3. The lowest BCUT2D eigenvalue weighted by molar-refractivity contribution is -0.116. The molecule has 1 atom stereocenters. The number of amides is 1. The third-order valence-corrected chi connectivity index (χ3v) is 2.80. The molecule has 1 unspecified atom stereocenters. The van der Waals surface area contributed by atoms with Crippen LogP contribution in [-0.4, -0.2) is 10.9 Å². The minimum absolute atomic E-state index is 0.0683. The number of carbonyl (C=O) groups is 1. The normalized spacial score (nSPS) is 21.7. The van der Waals surface area contributed by atoms with Crippen LogP contribution in [0.5, 0.6) is 0 Å². The van der Waals surface area contributed by atoms with Gasteiger partial charge in [-0.1, -0.05) is 24.4 Å². The van der Waals surface area contributed by atoms with Crippen LogP contribution in [0.15, 0.2) is 35.9 Å². The van der Waals surface area contributed by atoms with Gasteiger partial charge in [-0.2, -0.15) is 0 Å². The fraction of sp³-hybridized carbons (Fsp3) is 0.111. The molecule has 13 heavy (non-hydrogen) atoms. The van der Waals surface area contributed by atoms with Crippen LogP contribution in [0.1, 0.15) is 11.1 Å². The first-order valence-electron chi connectivity index (χ1n) is 3.85. The summed E-state index contributed by atoms with van der Waals surface area (Å²) in [6, 6.07) is 5.63. The Labute approximate surface area is 80.2 Å². The molecule has 1 fully saturated rings. The summed E-state index contributed by atoms with van der Waals surface area (Å²) in [6.07, 6.45) is 1.71. The van der Waals surface area contributed by atoms with Gasteiger partial charge >= 0.3 is 0 Å². The number of nitrogens with one attached hydrogen (secondary N) is 1. The predicted molar refractivity (Wildman–Crippen MR) is 51.9 cm³/mol. The molecule has 0 aromatic carbocycles. The summed E-state index contributed by atoms with van der Waals surface area (Å²) in [6.45, 7) is 3.63. The van der Waals surface area contributed by atoms with Crippen molar-refractivity contribution < 1.29 is 4.79 Å². The molecule has 0 spiro atoms. The van der Waals surface area contributed by atoms with Gasteiger partial charge in [0.1, 0.15) is 5.37 Å². The Hall–Kier alpha value is -1.29. The summed E-state index contributed by atoms with van der Waals surface area (Å²) in [5.41, 5.74) is 0.861. The van der Waals surface area contributed by atoms with Gasteiger partial charge in [-0.25, -0.2) is 0 Å². The first kappa shape index (κ1) is 8.31. The van der Waals surface area contributed by atoms with E-state index in [2.05, 4.69) is 16.9 Å². The molecule has 0 bridgehead atoms. The second-order valence-corrected chi connectivity index (χ2v) is 3.85. The van der Waals surface area contributed by atoms with Gasteiger partial charge in [0, 0.05) is 6.20 Å². The topological polar surface area (TPSA) is 42.0 Å². The van der Waals surface area contributed by atoms with E-state index in [1.54, 1.807) is 6.20 Å². The first-order chi connectivity index (χ1) is 6.27. The van der Waals surface area contributed by atoms with E-state index in [-0.39, 0.29) is 11.3 Å². The van der Waals surface area contributed by atoms with Crippen LogP contribution < -0.4 is 5.32 Å². The van der Waals surface area contributed by atoms with Crippen LogP contribution >= 0.6 is 11.8 Å². The maximum absolute atomic E-state index is 11.1. The number of carbonyl (C=O) groups excluding carboxylic acids is 1. The van der Waals surface area contributed by atoms with Gasteiger partial charge < -0.3 is 5.32 Å². The quantitative estimate of drug-likeness (QED) is 0.685. The third kappa shape index (κ3) is 1.58. The average molecular weight is 192 g/mol. The van der Waals surface area contributed by atoms with E-state index < -0.39 is 0 Å². The molecule has 1 aromatic heterocycles. The van der Waals surface area contributed by atoms with Gasteiger partial charge in [-0.3, -0.25) is 9.78 Å². The second kappa shape index (κ2) is 3.22. The molecule has 4 heteroatoms. The summed E-state index contributed by atoms with van der Waals surface area (Å²) in [7, 11) is 0. The maximum atomic E-state index is 11.1. The SMILES string of the molecule is C=C1SC(c2ccccn2)NC1=O. The van der Waals surface area contributed by atoms with E-state index in [1.165, 1.54) is 11.8 Å². The number of rotatable bonds is 1. The summed E-state index contributed by atoms with van der Waals surface area (Å²) < 4.78 is 0. The molecular weight excluding hydrogens is 184 g/mol. The van der Waals surface area contributed by atoms with E-state index >= 15 is 0 Å². The van der Waals surface area contributed by atoms with Crippen LogP contribution in [0.2, 0.25) is 0 Å². The molecule has 2 rings (SSSR count). The van der Waals surface area contributed by atoms with Crippen LogP contribution in [0.4, 0.5) is 0 Å². The zero-order valence-electron chi connectivity index (χ0n) is 6.86. The van der Waals surface area contributed by atoms with Crippen molar-refractivity contribution in [1.29, 1.82) is 0 Å². The van der Waals surface area contributed by atoms with E-state index in [0.29, 0.717) is 4.91 Å². The lowest BCUT2D eigenvalue weighted by Gasteiger charge is -2.06. The number of nitrogens with zero attached hydrogens (tertiary/aromatic N) is 1. The summed E-state index contributed by atoms with van der Waals surface area (Å²) in [5, 5.41) is 2.71. The van der Waals surface area contributed by atoms with Gasteiger partial charge in [0.25, 0.3) is 5.91 Å². The van der Waals surface area contributed by atoms with Crippen molar-refractivity contribution in [2.75, 3.05) is 0 Å². The van der Waals surface area contributed by atoms with Crippen molar-refractivity contribution in [3.8, 4) is 0 Å². The van der Waals surface area contributed by atoms with E-state index in [0.717, 1.165) is 5.69 Å². The molecule has 0 saturated carbocycles. The minimum Gasteiger partial charge on any atom is -0.334 e.